The highest BCUT2D eigenvalue weighted by molar-refractivity contribution is 5.79. The molecule has 0 amide bonds. The molecule has 0 fully saturated rings. The minimum absolute atomic E-state index is 0.0991. The summed E-state index contributed by atoms with van der Waals surface area (Å²) in [5, 5.41) is 0. The van der Waals surface area contributed by atoms with Crippen LogP contribution >= 0.6 is 0 Å². The molecule has 2 aromatic heterocycles. The Hall–Kier alpha value is -2.43. The van der Waals surface area contributed by atoms with Crippen molar-refractivity contribution in [1.82, 2.24) is 4.98 Å². The molecule has 0 atom stereocenters. The van der Waals surface area contributed by atoms with Gasteiger partial charge in [-0.15, -0.1) is 0 Å². The van der Waals surface area contributed by atoms with E-state index in [1.807, 2.05) is 0 Å². The Labute approximate surface area is 100 Å². The van der Waals surface area contributed by atoms with Crippen LogP contribution in [0.25, 0.3) is 28.8 Å². The molecule has 0 aliphatic rings. The molecule has 1 aromatic carbocycles. The largest absolute Gasteiger partial charge is 0.459 e. The van der Waals surface area contributed by atoms with Gasteiger partial charge in [-0.1, -0.05) is 12.7 Å². The molecule has 0 saturated heterocycles. The van der Waals surface area contributed by atoms with Gasteiger partial charge in [0.1, 0.15) is 11.3 Å². The van der Waals surface area contributed by atoms with E-state index >= 15 is 0 Å². The first-order chi connectivity index (χ1) is 8.70. The van der Waals surface area contributed by atoms with E-state index in [2.05, 4.69) is 11.6 Å². The monoisotopic (exact) mass is 247 g/mol. The predicted octanol–water partition coefficient (Wildman–Crippen LogP) is 4.01. The molecule has 0 unspecified atom stereocenters. The zero-order chi connectivity index (χ0) is 12.7. The molecule has 0 aliphatic carbocycles. The van der Waals surface area contributed by atoms with Gasteiger partial charge < -0.3 is 8.83 Å². The number of hydrogen-bond donors (Lipinski definition) is 0. The lowest BCUT2D eigenvalue weighted by Gasteiger charge is -1.97. The van der Waals surface area contributed by atoms with E-state index in [-0.39, 0.29) is 22.6 Å². The summed E-state index contributed by atoms with van der Waals surface area (Å²) in [6, 6.07) is 4.37. The maximum absolute atomic E-state index is 13.9. The SMILES string of the molecule is C=Cc1c(F)cc2nc(-c3ccco3)oc2c1F. The Morgan fingerprint density at radius 3 is 2.83 bits per heavy atom. The van der Waals surface area contributed by atoms with Crippen molar-refractivity contribution in [2.75, 3.05) is 0 Å². The number of benzene rings is 1. The van der Waals surface area contributed by atoms with Crippen LogP contribution in [0.15, 0.2) is 39.9 Å². The van der Waals surface area contributed by atoms with Crippen LogP contribution in [-0.2, 0) is 0 Å². The summed E-state index contributed by atoms with van der Waals surface area (Å²) >= 11 is 0. The summed E-state index contributed by atoms with van der Waals surface area (Å²) in [5.74, 6) is -1.08. The highest BCUT2D eigenvalue weighted by atomic mass is 19.1. The van der Waals surface area contributed by atoms with Crippen LogP contribution in [0.2, 0.25) is 0 Å². The fraction of sp³-hybridized carbons (Fsp3) is 0. The molecule has 3 rings (SSSR count). The number of furan rings is 1. The Morgan fingerprint density at radius 2 is 2.17 bits per heavy atom. The van der Waals surface area contributed by atoms with Crippen LogP contribution in [0.1, 0.15) is 5.56 Å². The van der Waals surface area contributed by atoms with E-state index in [4.69, 9.17) is 8.83 Å². The Kier molecular flexibility index (Phi) is 2.26. The first kappa shape index (κ1) is 10.7. The number of rotatable bonds is 2. The fourth-order valence-electron chi connectivity index (χ4n) is 1.70. The van der Waals surface area contributed by atoms with Crippen molar-refractivity contribution in [2.24, 2.45) is 0 Å². The van der Waals surface area contributed by atoms with Crippen LogP contribution in [0.3, 0.4) is 0 Å². The Morgan fingerprint density at radius 1 is 1.33 bits per heavy atom. The van der Waals surface area contributed by atoms with Crippen molar-refractivity contribution >= 4 is 17.2 Å². The average Bonchev–Trinajstić information content (AvgIpc) is 2.96. The van der Waals surface area contributed by atoms with Gasteiger partial charge in [0.05, 0.1) is 6.26 Å². The minimum atomic E-state index is -0.815. The van der Waals surface area contributed by atoms with E-state index < -0.39 is 11.6 Å². The van der Waals surface area contributed by atoms with Gasteiger partial charge in [0, 0.05) is 11.6 Å². The van der Waals surface area contributed by atoms with Crippen LogP contribution in [0.5, 0.6) is 0 Å². The van der Waals surface area contributed by atoms with Crippen molar-refractivity contribution < 1.29 is 17.6 Å². The fourth-order valence-corrected chi connectivity index (χ4v) is 1.70. The summed E-state index contributed by atoms with van der Waals surface area (Å²) in [5.41, 5.74) is -0.246. The van der Waals surface area contributed by atoms with Gasteiger partial charge >= 0.3 is 0 Å². The average molecular weight is 247 g/mol. The predicted molar refractivity (Wildman–Crippen MR) is 61.7 cm³/mol. The van der Waals surface area contributed by atoms with Crippen molar-refractivity contribution in [3.05, 3.63) is 48.2 Å². The third-order valence-corrected chi connectivity index (χ3v) is 2.55. The van der Waals surface area contributed by atoms with Gasteiger partial charge in [-0.3, -0.25) is 0 Å². The lowest BCUT2D eigenvalue weighted by molar-refractivity contribution is 0.518. The highest BCUT2D eigenvalue weighted by Crippen LogP contribution is 2.29. The molecule has 2 heterocycles. The lowest BCUT2D eigenvalue weighted by atomic mass is 10.2. The van der Waals surface area contributed by atoms with E-state index in [9.17, 15) is 8.78 Å². The number of fused-ring (bicyclic) bond motifs is 1. The molecule has 3 nitrogen and oxygen atoms in total. The third-order valence-electron chi connectivity index (χ3n) is 2.55. The lowest BCUT2D eigenvalue weighted by Crippen LogP contribution is -1.89. The second-order valence-electron chi connectivity index (χ2n) is 3.63. The van der Waals surface area contributed by atoms with Gasteiger partial charge in [0.15, 0.2) is 17.2 Å². The summed E-state index contributed by atoms with van der Waals surface area (Å²) in [7, 11) is 0. The van der Waals surface area contributed by atoms with Crippen LogP contribution in [0, 0.1) is 11.6 Å². The van der Waals surface area contributed by atoms with Gasteiger partial charge in [0.25, 0.3) is 5.89 Å². The quantitative estimate of drug-likeness (QED) is 0.686. The maximum atomic E-state index is 13.9. The molecule has 0 N–H and O–H groups in total. The number of halogens is 2. The minimum Gasteiger partial charge on any atom is -0.459 e. The smallest absolute Gasteiger partial charge is 0.264 e. The molecule has 0 bridgehead atoms. The molecule has 3 aromatic rings. The summed E-state index contributed by atoms with van der Waals surface area (Å²) in [4.78, 5) is 3.98. The van der Waals surface area contributed by atoms with E-state index in [0.717, 1.165) is 12.1 Å². The molecule has 0 aliphatic heterocycles. The van der Waals surface area contributed by atoms with Gasteiger partial charge in [-0.25, -0.2) is 13.8 Å². The number of oxazole rings is 1. The van der Waals surface area contributed by atoms with Crippen molar-refractivity contribution in [3.63, 3.8) is 0 Å². The normalized spacial score (nSPS) is 11.0. The molecule has 18 heavy (non-hydrogen) atoms. The summed E-state index contributed by atoms with van der Waals surface area (Å²) in [6.45, 7) is 3.36. The number of aromatic nitrogens is 1. The molecule has 0 saturated carbocycles. The Bertz CT molecular complexity index is 729. The molecule has 0 spiro atoms. The first-order valence-electron chi connectivity index (χ1n) is 5.15. The standard InChI is InChI=1S/C13H7F2NO2/c1-2-7-8(14)6-9-12(11(7)15)18-13(16-9)10-4-3-5-17-10/h2-6H,1H2. The summed E-state index contributed by atoms with van der Waals surface area (Å²) in [6.07, 6.45) is 2.54. The number of hydrogen-bond acceptors (Lipinski definition) is 3. The van der Waals surface area contributed by atoms with Gasteiger partial charge in [-0.05, 0) is 12.1 Å². The molecular formula is C13H7F2NO2. The van der Waals surface area contributed by atoms with Crippen LogP contribution in [0.4, 0.5) is 8.78 Å². The first-order valence-corrected chi connectivity index (χ1v) is 5.15. The molecule has 5 heteroatoms. The second-order valence-corrected chi connectivity index (χ2v) is 3.63. The van der Waals surface area contributed by atoms with Crippen LogP contribution < -0.4 is 0 Å². The molecule has 90 valence electrons. The zero-order valence-electron chi connectivity index (χ0n) is 9.11. The zero-order valence-corrected chi connectivity index (χ0v) is 9.11. The number of nitrogens with zero attached hydrogens (tertiary/aromatic N) is 1. The van der Waals surface area contributed by atoms with E-state index in [0.29, 0.717) is 5.76 Å². The topological polar surface area (TPSA) is 39.2 Å². The highest BCUT2D eigenvalue weighted by Gasteiger charge is 2.18. The summed E-state index contributed by atoms with van der Waals surface area (Å²) < 4.78 is 37.8. The van der Waals surface area contributed by atoms with E-state index in [1.54, 1.807) is 12.1 Å². The molecule has 0 radical (unpaired) electrons. The third kappa shape index (κ3) is 1.44. The van der Waals surface area contributed by atoms with Crippen molar-refractivity contribution in [1.29, 1.82) is 0 Å². The van der Waals surface area contributed by atoms with Crippen LogP contribution in [-0.4, -0.2) is 4.98 Å². The molecular weight excluding hydrogens is 240 g/mol. The van der Waals surface area contributed by atoms with Gasteiger partial charge in [-0.2, -0.15) is 0 Å². The maximum Gasteiger partial charge on any atom is 0.264 e. The van der Waals surface area contributed by atoms with Crippen molar-refractivity contribution in [3.8, 4) is 11.7 Å². The van der Waals surface area contributed by atoms with Gasteiger partial charge in [0.2, 0.25) is 0 Å². The Balaban J connectivity index is 2.30. The van der Waals surface area contributed by atoms with E-state index in [1.165, 1.54) is 6.26 Å². The second kappa shape index (κ2) is 3.80. The van der Waals surface area contributed by atoms with Crippen molar-refractivity contribution in [2.45, 2.75) is 0 Å².